The Morgan fingerprint density at radius 2 is 1.88 bits per heavy atom. The summed E-state index contributed by atoms with van der Waals surface area (Å²) in [5.41, 5.74) is 0.0690. The number of carbonyl (C=O) groups excluding carboxylic acids is 1. The zero-order chi connectivity index (χ0) is 18.3. The van der Waals surface area contributed by atoms with E-state index in [4.69, 9.17) is 9.84 Å². The van der Waals surface area contributed by atoms with E-state index in [-0.39, 0.29) is 36.1 Å². The molecule has 0 bridgehead atoms. The highest BCUT2D eigenvalue weighted by atomic mass is 16.5. The monoisotopic (exact) mass is 336 g/mol. The van der Waals surface area contributed by atoms with Crippen LogP contribution in [0.2, 0.25) is 0 Å². The molecule has 0 aliphatic rings. The number of hydrogen-bond donors (Lipinski definition) is 3. The molecule has 0 fully saturated rings. The summed E-state index contributed by atoms with van der Waals surface area (Å²) in [7, 11) is 0. The van der Waals surface area contributed by atoms with Crippen molar-refractivity contribution in [1.82, 2.24) is 0 Å². The van der Waals surface area contributed by atoms with Gasteiger partial charge in [-0.25, -0.2) is 14.4 Å². The smallest absolute Gasteiger partial charge is 0.336 e. The fourth-order valence-electron chi connectivity index (χ4n) is 2.32. The van der Waals surface area contributed by atoms with Gasteiger partial charge >= 0.3 is 17.9 Å². The number of ether oxygens (including phenoxy) is 1. The molecule has 0 radical (unpaired) electrons. The summed E-state index contributed by atoms with van der Waals surface area (Å²) in [6, 6.07) is 2.69. The molecule has 1 aromatic carbocycles. The lowest BCUT2D eigenvalue weighted by Crippen LogP contribution is -2.18. The van der Waals surface area contributed by atoms with Gasteiger partial charge in [0.2, 0.25) is 0 Å². The average Bonchev–Trinajstić information content (AvgIpc) is 2.47. The van der Waals surface area contributed by atoms with Crippen LogP contribution in [0.1, 0.15) is 45.7 Å². The van der Waals surface area contributed by atoms with Crippen LogP contribution in [0, 0.1) is 0 Å². The number of benzene rings is 1. The summed E-state index contributed by atoms with van der Waals surface area (Å²) in [6.07, 6.45) is 2.14. The number of rotatable bonds is 8. The normalized spacial score (nSPS) is 12.1. The van der Waals surface area contributed by atoms with Crippen molar-refractivity contribution in [2.45, 2.75) is 32.8 Å². The number of hydrogen-bond acceptors (Lipinski definition) is 5. The number of esters is 1. The van der Waals surface area contributed by atoms with Crippen LogP contribution < -0.4 is 0 Å². The van der Waals surface area contributed by atoms with E-state index in [0.717, 1.165) is 0 Å². The first-order valence-corrected chi connectivity index (χ1v) is 7.36. The molecule has 0 aromatic heterocycles. The van der Waals surface area contributed by atoms with Gasteiger partial charge in [0.05, 0.1) is 23.8 Å². The lowest BCUT2D eigenvalue weighted by Gasteiger charge is -2.16. The maximum absolute atomic E-state index is 11.5. The number of aliphatic hydroxyl groups is 1. The van der Waals surface area contributed by atoms with Crippen LogP contribution >= 0.6 is 0 Å². The largest absolute Gasteiger partial charge is 0.478 e. The van der Waals surface area contributed by atoms with Gasteiger partial charge in [-0.1, -0.05) is 12.1 Å². The molecule has 3 N–H and O–H groups in total. The molecule has 0 aliphatic carbocycles. The fraction of sp³-hybridized carbons (Fsp3) is 0.353. The molecule has 0 amide bonds. The summed E-state index contributed by atoms with van der Waals surface area (Å²) in [4.78, 5) is 34.1. The van der Waals surface area contributed by atoms with Gasteiger partial charge in [-0.05, 0) is 37.5 Å². The van der Waals surface area contributed by atoms with Crippen molar-refractivity contribution < 1.29 is 34.4 Å². The quantitative estimate of drug-likeness (QED) is 0.487. The molecule has 130 valence electrons. The maximum atomic E-state index is 11.5. The molecule has 0 heterocycles. The number of carboxylic acids is 2. The van der Waals surface area contributed by atoms with E-state index in [1.165, 1.54) is 31.2 Å². The molecule has 7 nitrogen and oxygen atoms in total. The van der Waals surface area contributed by atoms with Gasteiger partial charge in [-0.2, -0.15) is 0 Å². The Morgan fingerprint density at radius 3 is 2.38 bits per heavy atom. The zero-order valence-corrected chi connectivity index (χ0v) is 13.5. The minimum atomic E-state index is -1.38. The van der Waals surface area contributed by atoms with E-state index in [9.17, 15) is 24.6 Å². The summed E-state index contributed by atoms with van der Waals surface area (Å²) in [5, 5.41) is 28.2. The fourth-order valence-corrected chi connectivity index (χ4v) is 2.32. The van der Waals surface area contributed by atoms with Crippen molar-refractivity contribution in [2.24, 2.45) is 0 Å². The van der Waals surface area contributed by atoms with Crippen LogP contribution in [0.15, 0.2) is 24.3 Å². The van der Waals surface area contributed by atoms with Crippen LogP contribution in [0.3, 0.4) is 0 Å². The molecule has 24 heavy (non-hydrogen) atoms. The molecule has 1 aromatic rings. The van der Waals surface area contributed by atoms with Gasteiger partial charge in [0, 0.05) is 12.5 Å². The van der Waals surface area contributed by atoms with E-state index in [1.807, 2.05) is 0 Å². The first-order chi connectivity index (χ1) is 11.3. The number of aliphatic hydroxyl groups excluding tert-OH is 1. The molecule has 1 rings (SSSR count). The van der Waals surface area contributed by atoms with Crippen LogP contribution in [-0.4, -0.2) is 45.9 Å². The van der Waals surface area contributed by atoms with Crippen molar-refractivity contribution in [3.05, 3.63) is 46.5 Å². The van der Waals surface area contributed by atoms with Crippen LogP contribution in [0.25, 0.3) is 0 Å². The van der Waals surface area contributed by atoms with Crippen molar-refractivity contribution in [3.63, 3.8) is 0 Å². The molecule has 1 unspecified atom stereocenters. The molecule has 0 aliphatic heterocycles. The van der Waals surface area contributed by atoms with Crippen molar-refractivity contribution in [2.75, 3.05) is 6.61 Å². The van der Waals surface area contributed by atoms with E-state index in [2.05, 4.69) is 0 Å². The predicted molar refractivity (Wildman–Crippen MR) is 85.2 cm³/mol. The minimum absolute atomic E-state index is 0.0130. The second-order valence-electron chi connectivity index (χ2n) is 5.21. The number of carboxylic acid groups (broad SMARTS) is 2. The highest BCUT2D eigenvalue weighted by Gasteiger charge is 2.23. The molecule has 0 saturated heterocycles. The van der Waals surface area contributed by atoms with Gasteiger partial charge in [-0.3, -0.25) is 0 Å². The SMILES string of the molecule is CC=CC(=O)OCCc1ccc(C(=O)O)c(C(=O)O)c1CC(C)O. The van der Waals surface area contributed by atoms with Crippen molar-refractivity contribution >= 4 is 17.9 Å². The summed E-state index contributed by atoms with van der Waals surface area (Å²) >= 11 is 0. The van der Waals surface area contributed by atoms with Crippen LogP contribution in [0.5, 0.6) is 0 Å². The number of carbonyl (C=O) groups is 3. The highest BCUT2D eigenvalue weighted by molar-refractivity contribution is 6.03. The Kier molecular flexibility index (Phi) is 7.13. The highest BCUT2D eigenvalue weighted by Crippen LogP contribution is 2.23. The maximum Gasteiger partial charge on any atom is 0.336 e. The van der Waals surface area contributed by atoms with Gasteiger partial charge in [0.25, 0.3) is 0 Å². The van der Waals surface area contributed by atoms with E-state index in [0.29, 0.717) is 5.56 Å². The zero-order valence-electron chi connectivity index (χ0n) is 13.5. The Hall–Kier alpha value is -2.67. The first-order valence-electron chi connectivity index (χ1n) is 7.36. The first kappa shape index (κ1) is 19.4. The second-order valence-corrected chi connectivity index (χ2v) is 5.21. The molecular formula is C17H20O7. The number of allylic oxidation sites excluding steroid dienone is 1. The number of aromatic carboxylic acids is 2. The molecule has 0 saturated carbocycles. The third kappa shape index (κ3) is 5.20. The Labute approximate surface area is 139 Å². The molecule has 7 heteroatoms. The van der Waals surface area contributed by atoms with E-state index >= 15 is 0 Å². The third-order valence-corrected chi connectivity index (χ3v) is 3.27. The van der Waals surface area contributed by atoms with Gasteiger partial charge in [0.1, 0.15) is 0 Å². The minimum Gasteiger partial charge on any atom is -0.478 e. The summed E-state index contributed by atoms with van der Waals surface area (Å²) in [5.74, 6) is -3.25. The lowest BCUT2D eigenvalue weighted by molar-refractivity contribution is -0.137. The Balaban J connectivity index is 3.19. The average molecular weight is 336 g/mol. The van der Waals surface area contributed by atoms with Gasteiger partial charge < -0.3 is 20.1 Å². The topological polar surface area (TPSA) is 121 Å². The molecule has 0 spiro atoms. The van der Waals surface area contributed by atoms with Crippen molar-refractivity contribution in [1.29, 1.82) is 0 Å². The Morgan fingerprint density at radius 1 is 1.21 bits per heavy atom. The second kappa shape index (κ2) is 8.83. The third-order valence-electron chi connectivity index (χ3n) is 3.27. The standard InChI is InChI=1S/C17H20O7/c1-3-4-14(19)24-8-7-11-5-6-12(16(20)21)15(17(22)23)13(11)9-10(2)18/h3-6,10,18H,7-9H2,1-2H3,(H,20,21)(H,22,23). The summed E-state index contributed by atoms with van der Waals surface area (Å²) in [6.45, 7) is 3.17. The van der Waals surface area contributed by atoms with Gasteiger partial charge in [-0.15, -0.1) is 0 Å². The molecular weight excluding hydrogens is 316 g/mol. The van der Waals surface area contributed by atoms with Crippen molar-refractivity contribution in [3.8, 4) is 0 Å². The lowest BCUT2D eigenvalue weighted by atomic mass is 9.91. The Bertz CT molecular complexity index is 659. The van der Waals surface area contributed by atoms with Crippen LogP contribution in [0.4, 0.5) is 0 Å². The predicted octanol–water partition coefficient (Wildman–Crippen LogP) is 1.67. The summed E-state index contributed by atoms with van der Waals surface area (Å²) < 4.78 is 4.97. The van der Waals surface area contributed by atoms with Crippen LogP contribution in [-0.2, 0) is 22.4 Å². The molecule has 1 atom stereocenters. The van der Waals surface area contributed by atoms with Gasteiger partial charge in [0.15, 0.2) is 0 Å². The van der Waals surface area contributed by atoms with E-state index < -0.39 is 24.0 Å². The van der Waals surface area contributed by atoms with E-state index in [1.54, 1.807) is 6.92 Å².